The highest BCUT2D eigenvalue weighted by Crippen LogP contribution is 2.28. The largest absolute Gasteiger partial charge is 0.325 e. The van der Waals surface area contributed by atoms with Crippen LogP contribution in [0.15, 0.2) is 54.6 Å². The third kappa shape index (κ3) is 2.76. The quantitative estimate of drug-likeness (QED) is 0.885. The average Bonchev–Trinajstić information content (AvgIpc) is 2.76. The number of carbonyl (C=O) groups is 2. The number of carbonyl (C=O) groups excluding carboxylic acids is 2. The van der Waals surface area contributed by atoms with Crippen LogP contribution in [-0.4, -0.2) is 16.8 Å². The first-order chi connectivity index (χ1) is 10.1. The van der Waals surface area contributed by atoms with Crippen LogP contribution in [0.1, 0.15) is 17.2 Å². The number of benzene rings is 2. The van der Waals surface area contributed by atoms with Crippen LogP contribution in [0.3, 0.4) is 0 Å². The molecule has 1 fully saturated rings. The van der Waals surface area contributed by atoms with E-state index in [1.165, 1.54) is 4.90 Å². The molecule has 2 aromatic rings. The van der Waals surface area contributed by atoms with E-state index < -0.39 is 6.04 Å². The molecule has 0 aromatic heterocycles. The van der Waals surface area contributed by atoms with Gasteiger partial charge in [-0.2, -0.15) is 0 Å². The first kappa shape index (κ1) is 13.6. The molecule has 106 valence electrons. The van der Waals surface area contributed by atoms with Crippen LogP contribution in [0, 0.1) is 0 Å². The van der Waals surface area contributed by atoms with Crippen molar-refractivity contribution in [2.45, 2.75) is 12.6 Å². The van der Waals surface area contributed by atoms with Crippen LogP contribution >= 0.6 is 11.6 Å². The van der Waals surface area contributed by atoms with Crippen LogP contribution in [0.25, 0.3) is 0 Å². The summed E-state index contributed by atoms with van der Waals surface area (Å²) in [6, 6.07) is 15.6. The fourth-order valence-electron chi connectivity index (χ4n) is 2.42. The Hall–Kier alpha value is -2.33. The molecule has 21 heavy (non-hydrogen) atoms. The van der Waals surface area contributed by atoms with Gasteiger partial charge in [-0.25, -0.2) is 4.79 Å². The van der Waals surface area contributed by atoms with Crippen LogP contribution in [0.5, 0.6) is 0 Å². The summed E-state index contributed by atoms with van der Waals surface area (Å²) in [5, 5.41) is 2.96. The second-order valence-electron chi connectivity index (χ2n) is 4.86. The lowest BCUT2D eigenvalue weighted by Gasteiger charge is -2.22. The Bertz CT molecular complexity index is 670. The molecular weight excluding hydrogens is 288 g/mol. The minimum absolute atomic E-state index is 0.307. The molecule has 1 atom stereocenters. The molecule has 5 heteroatoms. The van der Waals surface area contributed by atoms with E-state index in [2.05, 4.69) is 5.32 Å². The Kier molecular flexibility index (Phi) is 3.62. The predicted octanol–water partition coefficient (Wildman–Crippen LogP) is 3.13. The van der Waals surface area contributed by atoms with Crippen molar-refractivity contribution in [3.05, 3.63) is 70.7 Å². The molecule has 1 heterocycles. The van der Waals surface area contributed by atoms with Gasteiger partial charge in [-0.05, 0) is 23.3 Å². The highest BCUT2D eigenvalue weighted by molar-refractivity contribution is 6.30. The summed E-state index contributed by atoms with van der Waals surface area (Å²) >= 11 is 5.87. The second kappa shape index (κ2) is 5.58. The van der Waals surface area contributed by atoms with Crippen LogP contribution in [0.4, 0.5) is 4.79 Å². The van der Waals surface area contributed by atoms with E-state index >= 15 is 0 Å². The summed E-state index contributed by atoms with van der Waals surface area (Å²) in [4.78, 5) is 25.6. The molecular formula is C16H13ClN2O2. The molecule has 3 amide bonds. The lowest BCUT2D eigenvalue weighted by molar-refractivity contribution is -0.121. The molecule has 1 N–H and O–H groups in total. The zero-order chi connectivity index (χ0) is 14.8. The van der Waals surface area contributed by atoms with Crippen molar-refractivity contribution in [1.29, 1.82) is 0 Å². The van der Waals surface area contributed by atoms with Crippen LogP contribution in [0.2, 0.25) is 5.02 Å². The van der Waals surface area contributed by atoms with Gasteiger partial charge < -0.3 is 4.90 Å². The van der Waals surface area contributed by atoms with Gasteiger partial charge in [0.05, 0.1) is 0 Å². The van der Waals surface area contributed by atoms with Crippen molar-refractivity contribution in [2.24, 2.45) is 0 Å². The monoisotopic (exact) mass is 300 g/mol. The van der Waals surface area contributed by atoms with Gasteiger partial charge in [0, 0.05) is 11.6 Å². The zero-order valence-corrected chi connectivity index (χ0v) is 11.9. The first-order valence-electron chi connectivity index (χ1n) is 6.56. The third-order valence-electron chi connectivity index (χ3n) is 3.43. The van der Waals surface area contributed by atoms with Crippen molar-refractivity contribution in [3.8, 4) is 0 Å². The Balaban J connectivity index is 1.91. The number of amides is 3. The van der Waals surface area contributed by atoms with Crippen molar-refractivity contribution in [3.63, 3.8) is 0 Å². The van der Waals surface area contributed by atoms with E-state index in [0.717, 1.165) is 11.1 Å². The summed E-state index contributed by atoms with van der Waals surface area (Å²) in [5.74, 6) is -0.307. The van der Waals surface area contributed by atoms with Gasteiger partial charge in [0.15, 0.2) is 0 Å². The Morgan fingerprint density at radius 1 is 1.00 bits per heavy atom. The van der Waals surface area contributed by atoms with Gasteiger partial charge in [0.1, 0.15) is 6.04 Å². The number of nitrogens with zero attached hydrogens (tertiary/aromatic N) is 1. The summed E-state index contributed by atoms with van der Waals surface area (Å²) in [6.07, 6.45) is 0. The number of nitrogens with one attached hydrogen (secondary N) is 1. The Labute approximate surface area is 127 Å². The van der Waals surface area contributed by atoms with Gasteiger partial charge in [0.25, 0.3) is 5.91 Å². The van der Waals surface area contributed by atoms with Gasteiger partial charge in [0.2, 0.25) is 0 Å². The fraction of sp³-hybridized carbons (Fsp3) is 0.125. The van der Waals surface area contributed by atoms with Crippen molar-refractivity contribution in [1.82, 2.24) is 10.2 Å². The molecule has 0 saturated carbocycles. The van der Waals surface area contributed by atoms with Crippen LogP contribution in [-0.2, 0) is 11.3 Å². The van der Waals surface area contributed by atoms with E-state index in [1.807, 2.05) is 30.3 Å². The van der Waals surface area contributed by atoms with Gasteiger partial charge in [-0.15, -0.1) is 0 Å². The maximum Gasteiger partial charge on any atom is 0.325 e. The van der Waals surface area contributed by atoms with E-state index in [0.29, 0.717) is 11.6 Å². The zero-order valence-electron chi connectivity index (χ0n) is 11.1. The number of imide groups is 1. The molecule has 0 spiro atoms. The maximum absolute atomic E-state index is 12.1. The molecule has 1 unspecified atom stereocenters. The molecule has 3 rings (SSSR count). The topological polar surface area (TPSA) is 49.4 Å². The fourth-order valence-corrected chi connectivity index (χ4v) is 2.55. The molecule has 0 bridgehead atoms. The molecule has 1 saturated heterocycles. The number of hydrogen-bond donors (Lipinski definition) is 1. The van der Waals surface area contributed by atoms with E-state index in [1.54, 1.807) is 24.3 Å². The van der Waals surface area contributed by atoms with E-state index in [4.69, 9.17) is 11.6 Å². The number of rotatable bonds is 3. The minimum atomic E-state index is -0.616. The standard InChI is InChI=1S/C16H13ClN2O2/c17-13-8-6-12(7-9-13)14-15(20)18-16(21)19(14)10-11-4-2-1-3-5-11/h1-9,14H,10H2,(H,18,20,21). The third-order valence-corrected chi connectivity index (χ3v) is 3.68. The van der Waals surface area contributed by atoms with Gasteiger partial charge in [-0.1, -0.05) is 54.1 Å². The maximum atomic E-state index is 12.1. The van der Waals surface area contributed by atoms with Crippen molar-refractivity contribution in [2.75, 3.05) is 0 Å². The molecule has 1 aliphatic rings. The average molecular weight is 301 g/mol. The van der Waals surface area contributed by atoms with Gasteiger partial charge in [-0.3, -0.25) is 10.1 Å². The van der Waals surface area contributed by atoms with Crippen molar-refractivity contribution < 1.29 is 9.59 Å². The lowest BCUT2D eigenvalue weighted by atomic mass is 10.1. The molecule has 1 aliphatic heterocycles. The normalized spacial score (nSPS) is 18.0. The lowest BCUT2D eigenvalue weighted by Crippen LogP contribution is -2.29. The minimum Gasteiger partial charge on any atom is -0.304 e. The molecule has 4 nitrogen and oxygen atoms in total. The molecule has 0 aliphatic carbocycles. The summed E-state index contributed by atoms with van der Waals surface area (Å²) in [7, 11) is 0. The smallest absolute Gasteiger partial charge is 0.304 e. The molecule has 0 radical (unpaired) electrons. The summed E-state index contributed by atoms with van der Waals surface area (Å²) in [5.41, 5.74) is 1.72. The number of hydrogen-bond acceptors (Lipinski definition) is 2. The SMILES string of the molecule is O=C1NC(=O)N(Cc2ccccc2)C1c1ccc(Cl)cc1. The number of halogens is 1. The van der Waals surface area contributed by atoms with E-state index in [9.17, 15) is 9.59 Å². The summed E-state index contributed by atoms with van der Waals surface area (Å²) in [6.45, 7) is 0.381. The highest BCUT2D eigenvalue weighted by atomic mass is 35.5. The van der Waals surface area contributed by atoms with Crippen LogP contribution < -0.4 is 5.32 Å². The van der Waals surface area contributed by atoms with E-state index in [-0.39, 0.29) is 11.9 Å². The Morgan fingerprint density at radius 3 is 2.33 bits per heavy atom. The van der Waals surface area contributed by atoms with Gasteiger partial charge >= 0.3 is 6.03 Å². The summed E-state index contributed by atoms with van der Waals surface area (Å²) < 4.78 is 0. The highest BCUT2D eigenvalue weighted by Gasteiger charge is 2.39. The molecule has 2 aromatic carbocycles. The number of urea groups is 1. The van der Waals surface area contributed by atoms with Crippen molar-refractivity contribution >= 4 is 23.5 Å². The Morgan fingerprint density at radius 2 is 1.67 bits per heavy atom. The second-order valence-corrected chi connectivity index (χ2v) is 5.30. The predicted molar refractivity (Wildman–Crippen MR) is 79.7 cm³/mol. The first-order valence-corrected chi connectivity index (χ1v) is 6.94.